The van der Waals surface area contributed by atoms with Gasteiger partial charge in [0.2, 0.25) is 11.8 Å². The topological polar surface area (TPSA) is 188 Å². The number of aromatic amines is 2. The van der Waals surface area contributed by atoms with Crippen molar-refractivity contribution in [2.45, 2.75) is 63.2 Å². The van der Waals surface area contributed by atoms with Crippen molar-refractivity contribution >= 4 is 45.9 Å². The molecule has 15 heteroatoms. The first-order valence-corrected chi connectivity index (χ1v) is 19.3. The lowest BCUT2D eigenvalue weighted by Crippen LogP contribution is -2.51. The number of nitrogens with one attached hydrogen (secondary N) is 4. The SMILES string of the molecule is COC(=O)N[C@@H](C)C(=O)N1CCC[C@H]1c1ncc(-c2ccc3cc(-c4cnc5nc([C@@H]6CCCN6C(=O)[C@@H](NC(=O)OC)C6C=CCC=C6)[nH]c5c4)ccc3c2)[nH]1. The van der Waals surface area contributed by atoms with Crippen molar-refractivity contribution in [1.82, 2.24) is 45.4 Å². The quantitative estimate of drug-likeness (QED) is 0.129. The van der Waals surface area contributed by atoms with Crippen molar-refractivity contribution in [3.63, 3.8) is 0 Å². The van der Waals surface area contributed by atoms with Crippen LogP contribution in [0.3, 0.4) is 0 Å². The summed E-state index contributed by atoms with van der Waals surface area (Å²) in [6.07, 6.45) is 14.1. The molecular formula is C42H45N9O6. The monoisotopic (exact) mass is 771 g/mol. The van der Waals surface area contributed by atoms with Gasteiger partial charge in [-0.15, -0.1) is 0 Å². The number of imidazole rings is 2. The molecule has 2 saturated heterocycles. The van der Waals surface area contributed by atoms with Crippen molar-refractivity contribution in [2.75, 3.05) is 27.3 Å². The van der Waals surface area contributed by atoms with Gasteiger partial charge in [-0.1, -0.05) is 48.6 Å². The van der Waals surface area contributed by atoms with E-state index in [-0.39, 0.29) is 29.8 Å². The Morgan fingerprint density at radius 3 is 2.12 bits per heavy atom. The molecule has 4 atom stereocenters. The van der Waals surface area contributed by atoms with Crippen LogP contribution in [-0.2, 0) is 19.1 Å². The first-order valence-electron chi connectivity index (χ1n) is 19.3. The summed E-state index contributed by atoms with van der Waals surface area (Å²) in [6.45, 7) is 2.79. The summed E-state index contributed by atoms with van der Waals surface area (Å²) in [5.41, 5.74) is 5.07. The van der Waals surface area contributed by atoms with Crippen LogP contribution in [0.2, 0.25) is 0 Å². The number of hydrogen-bond donors (Lipinski definition) is 4. The molecule has 3 aromatic heterocycles. The van der Waals surface area contributed by atoms with Gasteiger partial charge < -0.3 is 39.9 Å². The van der Waals surface area contributed by atoms with Gasteiger partial charge in [-0.2, -0.15) is 0 Å². The molecule has 0 saturated carbocycles. The molecule has 1 aliphatic carbocycles. The van der Waals surface area contributed by atoms with E-state index in [1.165, 1.54) is 14.2 Å². The molecule has 4 N–H and O–H groups in total. The number of pyridine rings is 1. The molecule has 0 radical (unpaired) electrons. The predicted octanol–water partition coefficient (Wildman–Crippen LogP) is 6.10. The maximum absolute atomic E-state index is 14.0. The Balaban J connectivity index is 0.982. The molecule has 2 aromatic carbocycles. The van der Waals surface area contributed by atoms with E-state index >= 15 is 0 Å². The average Bonchev–Trinajstić information content (AvgIpc) is 4.08. The first-order chi connectivity index (χ1) is 27.7. The molecule has 5 aromatic rings. The summed E-state index contributed by atoms with van der Waals surface area (Å²) in [5, 5.41) is 7.43. The van der Waals surface area contributed by atoms with Crippen molar-refractivity contribution < 1.29 is 28.7 Å². The number of hydrogen-bond acceptors (Lipinski definition) is 9. The van der Waals surface area contributed by atoms with Crippen LogP contribution in [0.1, 0.15) is 62.8 Å². The summed E-state index contributed by atoms with van der Waals surface area (Å²) >= 11 is 0. The highest BCUT2D eigenvalue weighted by molar-refractivity contribution is 5.92. The van der Waals surface area contributed by atoms with E-state index in [0.29, 0.717) is 30.4 Å². The fraction of sp³-hybridized carbons (Fsp3) is 0.357. The summed E-state index contributed by atoms with van der Waals surface area (Å²) in [5.74, 6) is 0.736. The number of nitrogens with zero attached hydrogens (tertiary/aromatic N) is 5. The highest BCUT2D eigenvalue weighted by Crippen LogP contribution is 2.35. The highest BCUT2D eigenvalue weighted by Gasteiger charge is 2.39. The van der Waals surface area contributed by atoms with E-state index < -0.39 is 24.3 Å². The van der Waals surface area contributed by atoms with Crippen LogP contribution >= 0.6 is 0 Å². The third-order valence-electron chi connectivity index (χ3n) is 11.1. The smallest absolute Gasteiger partial charge is 0.407 e. The van der Waals surface area contributed by atoms with Gasteiger partial charge in [-0.3, -0.25) is 9.59 Å². The van der Waals surface area contributed by atoms with E-state index in [9.17, 15) is 19.2 Å². The number of ether oxygens (including phenoxy) is 2. The van der Waals surface area contributed by atoms with Crippen LogP contribution in [0.25, 0.3) is 44.3 Å². The van der Waals surface area contributed by atoms with Crippen LogP contribution in [0, 0.1) is 5.92 Å². The second-order valence-corrected chi connectivity index (χ2v) is 14.7. The molecule has 2 fully saturated rings. The molecule has 15 nitrogen and oxygen atoms in total. The third kappa shape index (κ3) is 7.56. The Labute approximate surface area is 328 Å². The molecule has 0 spiro atoms. The molecule has 57 heavy (non-hydrogen) atoms. The number of likely N-dealkylation sites (tertiary alicyclic amines) is 2. The largest absolute Gasteiger partial charge is 0.453 e. The normalized spacial score (nSPS) is 19.2. The number of allylic oxidation sites excluding steroid dienone is 2. The lowest BCUT2D eigenvalue weighted by atomic mass is 9.93. The summed E-state index contributed by atoms with van der Waals surface area (Å²) in [4.78, 5) is 75.7. The number of methoxy groups -OCH3 is 2. The fourth-order valence-corrected chi connectivity index (χ4v) is 8.18. The first kappa shape index (κ1) is 37.4. The molecule has 3 aliphatic rings. The van der Waals surface area contributed by atoms with Crippen LogP contribution in [0.5, 0.6) is 0 Å². The highest BCUT2D eigenvalue weighted by atomic mass is 16.5. The second-order valence-electron chi connectivity index (χ2n) is 14.7. The van der Waals surface area contributed by atoms with Crippen LogP contribution in [0.15, 0.2) is 79.2 Å². The number of amides is 4. The Bertz CT molecular complexity index is 2390. The van der Waals surface area contributed by atoms with E-state index in [2.05, 4.69) is 60.7 Å². The maximum Gasteiger partial charge on any atom is 0.407 e. The summed E-state index contributed by atoms with van der Waals surface area (Å²) in [6, 6.07) is 12.5. The number of aromatic nitrogens is 5. The van der Waals surface area contributed by atoms with Crippen molar-refractivity contribution in [2.24, 2.45) is 5.92 Å². The molecule has 5 heterocycles. The Hall–Kier alpha value is -6.51. The van der Waals surface area contributed by atoms with Crippen LogP contribution in [-0.4, -0.2) is 98.1 Å². The van der Waals surface area contributed by atoms with Gasteiger partial charge in [0.15, 0.2) is 5.65 Å². The van der Waals surface area contributed by atoms with Crippen molar-refractivity contribution in [3.05, 3.63) is 90.8 Å². The zero-order valence-corrected chi connectivity index (χ0v) is 32.0. The molecule has 2 aliphatic heterocycles. The van der Waals surface area contributed by atoms with Gasteiger partial charge >= 0.3 is 12.2 Å². The van der Waals surface area contributed by atoms with Gasteiger partial charge in [0.1, 0.15) is 23.7 Å². The molecule has 294 valence electrons. The number of carbonyl (C=O) groups excluding carboxylic acids is 4. The van der Waals surface area contributed by atoms with E-state index in [1.54, 1.807) is 22.9 Å². The second kappa shape index (κ2) is 15.9. The minimum atomic E-state index is -0.797. The van der Waals surface area contributed by atoms with Gasteiger partial charge in [0.25, 0.3) is 0 Å². The summed E-state index contributed by atoms with van der Waals surface area (Å²) < 4.78 is 9.51. The summed E-state index contributed by atoms with van der Waals surface area (Å²) in [7, 11) is 2.56. The molecule has 0 bridgehead atoms. The van der Waals surface area contributed by atoms with Gasteiger partial charge in [-0.05, 0) is 73.6 Å². The third-order valence-corrected chi connectivity index (χ3v) is 11.1. The molecule has 8 rings (SSSR count). The number of fused-ring (bicyclic) bond motifs is 2. The Kier molecular flexibility index (Phi) is 10.5. The number of rotatable bonds is 9. The number of carbonyl (C=O) groups is 4. The van der Waals surface area contributed by atoms with Crippen LogP contribution < -0.4 is 10.6 Å². The molecule has 0 unspecified atom stereocenters. The van der Waals surface area contributed by atoms with Gasteiger partial charge in [-0.25, -0.2) is 24.5 Å². The number of alkyl carbamates (subject to hydrolysis) is 2. The Morgan fingerprint density at radius 2 is 1.40 bits per heavy atom. The predicted molar refractivity (Wildman–Crippen MR) is 213 cm³/mol. The van der Waals surface area contributed by atoms with E-state index in [1.807, 2.05) is 42.6 Å². The van der Waals surface area contributed by atoms with Gasteiger partial charge in [0, 0.05) is 36.3 Å². The van der Waals surface area contributed by atoms with Crippen LogP contribution in [0.4, 0.5) is 9.59 Å². The van der Waals surface area contributed by atoms with Gasteiger partial charge in [0.05, 0.1) is 43.7 Å². The Morgan fingerprint density at radius 1 is 0.754 bits per heavy atom. The fourth-order valence-electron chi connectivity index (χ4n) is 8.18. The zero-order valence-electron chi connectivity index (χ0n) is 32.0. The maximum atomic E-state index is 14.0. The standard InChI is InChI=1S/C42H45N9O6/c1-24(45-41(54)56-2)39(52)50-17-7-11-33(50)37-44-23-32(47-37)29-16-15-26-19-28(14-13-27(26)20-29)30-21-31-36(43-22-30)49-38(46-31)34-12-8-18-51(34)40(53)35(48-42(55)57-3)25-9-5-4-6-10-25/h5-6,9-10,13-16,19-25,33-35H,4,7-8,11-12,17-18H2,1-3H3,(H,44,47)(H,45,54)(H,48,55)(H,43,46,49)/t24-,33-,34-,35-/m0/s1. The van der Waals surface area contributed by atoms with Crippen molar-refractivity contribution in [3.8, 4) is 22.4 Å². The number of H-pyrrole nitrogens is 2. The zero-order chi connectivity index (χ0) is 39.6. The minimum absolute atomic E-state index is 0.178. The molecule has 4 amide bonds. The molecular weight excluding hydrogens is 727 g/mol. The minimum Gasteiger partial charge on any atom is -0.453 e. The average molecular weight is 772 g/mol. The lowest BCUT2D eigenvalue weighted by molar-refractivity contribution is -0.135. The lowest BCUT2D eigenvalue weighted by Gasteiger charge is -2.31. The van der Waals surface area contributed by atoms with E-state index in [4.69, 9.17) is 14.7 Å². The number of benzene rings is 2. The van der Waals surface area contributed by atoms with E-state index in [0.717, 1.165) is 70.8 Å². The van der Waals surface area contributed by atoms with Crippen molar-refractivity contribution in [1.29, 1.82) is 0 Å².